The maximum atomic E-state index is 5.98. The van der Waals surface area contributed by atoms with Crippen molar-refractivity contribution in [1.82, 2.24) is 10.2 Å². The molecule has 0 radical (unpaired) electrons. The summed E-state index contributed by atoms with van der Waals surface area (Å²) < 4.78 is 0. The zero-order chi connectivity index (χ0) is 13.4. The van der Waals surface area contributed by atoms with Gasteiger partial charge in [0, 0.05) is 5.56 Å². The molecule has 1 aliphatic carbocycles. The molecule has 98 valence electrons. The van der Waals surface area contributed by atoms with Crippen LogP contribution in [0.25, 0.3) is 11.3 Å². The van der Waals surface area contributed by atoms with Gasteiger partial charge in [0.25, 0.3) is 0 Å². The highest BCUT2D eigenvalue weighted by Crippen LogP contribution is 2.32. The molecule has 0 spiro atoms. The molecule has 1 aliphatic rings. The van der Waals surface area contributed by atoms with Crippen molar-refractivity contribution in [1.29, 1.82) is 0 Å². The zero-order valence-electron chi connectivity index (χ0n) is 11.3. The Hall–Kier alpha value is -1.41. The molecule has 0 atom stereocenters. The molecule has 1 aromatic carbocycles. The second kappa shape index (κ2) is 4.93. The molecule has 0 saturated carbocycles. The lowest BCUT2D eigenvalue weighted by Gasteiger charge is -2.18. The number of aryl methyl sites for hydroxylation is 4. The number of hydrogen-bond acceptors (Lipinski definition) is 2. The van der Waals surface area contributed by atoms with E-state index in [9.17, 15) is 0 Å². The summed E-state index contributed by atoms with van der Waals surface area (Å²) in [4.78, 5) is 0. The fourth-order valence-corrected chi connectivity index (χ4v) is 2.92. The van der Waals surface area contributed by atoms with Crippen molar-refractivity contribution >= 4 is 11.6 Å². The van der Waals surface area contributed by atoms with Crippen LogP contribution in [0.1, 0.15) is 35.1 Å². The number of fused-ring (bicyclic) bond motifs is 3. The van der Waals surface area contributed by atoms with Gasteiger partial charge < -0.3 is 0 Å². The molecule has 1 aromatic heterocycles. The van der Waals surface area contributed by atoms with E-state index in [0.717, 1.165) is 18.5 Å². The topological polar surface area (TPSA) is 25.8 Å². The van der Waals surface area contributed by atoms with Gasteiger partial charge in [-0.15, -0.1) is 10.2 Å². The third-order valence-electron chi connectivity index (χ3n) is 3.96. The summed E-state index contributed by atoms with van der Waals surface area (Å²) in [6.45, 7) is 4.32. The first-order valence-electron chi connectivity index (χ1n) is 6.78. The maximum absolute atomic E-state index is 5.98. The third kappa shape index (κ3) is 2.37. The lowest BCUT2D eigenvalue weighted by atomic mass is 9.89. The molecule has 0 aliphatic heterocycles. The average molecular weight is 273 g/mol. The molecular formula is C16H17ClN2. The van der Waals surface area contributed by atoms with Crippen LogP contribution in [0.4, 0.5) is 0 Å². The molecule has 2 nitrogen and oxygen atoms in total. The van der Waals surface area contributed by atoms with Gasteiger partial charge in [-0.05, 0) is 73.9 Å². The maximum Gasteiger partial charge on any atom is 0.152 e. The quantitative estimate of drug-likeness (QED) is 0.715. The Bertz CT molecular complexity index is 635. The van der Waals surface area contributed by atoms with Gasteiger partial charge in [-0.1, -0.05) is 17.7 Å². The first-order valence-corrected chi connectivity index (χ1v) is 7.15. The second-order valence-corrected chi connectivity index (χ2v) is 5.73. The lowest BCUT2D eigenvalue weighted by molar-refractivity contribution is 0.723. The van der Waals surface area contributed by atoms with Crippen LogP contribution in [0.15, 0.2) is 18.2 Å². The van der Waals surface area contributed by atoms with Crippen LogP contribution in [0.3, 0.4) is 0 Å². The first kappa shape index (κ1) is 12.6. The smallest absolute Gasteiger partial charge is 0.149 e. The highest BCUT2D eigenvalue weighted by atomic mass is 35.5. The Morgan fingerprint density at radius 3 is 2.37 bits per heavy atom. The Balaban J connectivity index is 2.25. The van der Waals surface area contributed by atoms with Crippen molar-refractivity contribution in [3.63, 3.8) is 0 Å². The molecule has 0 bridgehead atoms. The van der Waals surface area contributed by atoms with Crippen LogP contribution in [-0.4, -0.2) is 10.2 Å². The van der Waals surface area contributed by atoms with E-state index in [4.69, 9.17) is 11.6 Å². The number of rotatable bonds is 0. The Morgan fingerprint density at radius 1 is 0.895 bits per heavy atom. The van der Waals surface area contributed by atoms with Gasteiger partial charge in [-0.2, -0.15) is 0 Å². The van der Waals surface area contributed by atoms with E-state index < -0.39 is 0 Å². The van der Waals surface area contributed by atoms with Crippen molar-refractivity contribution in [2.45, 2.75) is 39.5 Å². The number of nitrogens with zero attached hydrogens (tertiary/aromatic N) is 2. The Labute approximate surface area is 118 Å². The first-order chi connectivity index (χ1) is 9.15. The van der Waals surface area contributed by atoms with Crippen molar-refractivity contribution < 1.29 is 0 Å². The van der Waals surface area contributed by atoms with Crippen molar-refractivity contribution in [2.75, 3.05) is 0 Å². The second-order valence-electron chi connectivity index (χ2n) is 5.34. The Kier molecular flexibility index (Phi) is 3.28. The van der Waals surface area contributed by atoms with E-state index in [0.29, 0.717) is 5.15 Å². The van der Waals surface area contributed by atoms with Gasteiger partial charge in [-0.25, -0.2) is 0 Å². The van der Waals surface area contributed by atoms with Crippen LogP contribution in [0.5, 0.6) is 0 Å². The predicted molar refractivity (Wildman–Crippen MR) is 78.6 cm³/mol. The molecule has 0 unspecified atom stereocenters. The summed E-state index contributed by atoms with van der Waals surface area (Å²) in [7, 11) is 0. The zero-order valence-corrected chi connectivity index (χ0v) is 12.1. The van der Waals surface area contributed by atoms with Gasteiger partial charge in [-0.3, -0.25) is 0 Å². The summed E-state index contributed by atoms with van der Waals surface area (Å²) in [5.41, 5.74) is 7.53. The summed E-state index contributed by atoms with van der Waals surface area (Å²) in [5.74, 6) is 0. The van der Waals surface area contributed by atoms with E-state index in [1.165, 1.54) is 40.7 Å². The predicted octanol–water partition coefficient (Wildman–Crippen LogP) is 4.29. The molecule has 3 heteroatoms. The van der Waals surface area contributed by atoms with Crippen molar-refractivity contribution in [3.05, 3.63) is 45.6 Å². The molecule has 3 rings (SSSR count). The summed E-state index contributed by atoms with van der Waals surface area (Å²) >= 11 is 5.98. The fraction of sp³-hybridized carbons (Fsp3) is 0.375. The molecule has 0 amide bonds. The third-order valence-corrected chi connectivity index (χ3v) is 4.14. The number of benzene rings is 1. The molecule has 0 fully saturated rings. The standard InChI is InChI=1S/C16H17ClN2/c1-10-7-12-5-3-4-6-13-9-15(17)18-19-16(13)14(12)8-11(10)2/h7-9H,3-6H2,1-2H3. The van der Waals surface area contributed by atoms with E-state index in [1.807, 2.05) is 6.07 Å². The fourth-order valence-electron chi connectivity index (χ4n) is 2.75. The summed E-state index contributed by atoms with van der Waals surface area (Å²) in [5, 5.41) is 8.87. The normalized spacial score (nSPS) is 14.3. The molecule has 19 heavy (non-hydrogen) atoms. The largest absolute Gasteiger partial charge is 0.152 e. The van der Waals surface area contributed by atoms with Gasteiger partial charge in [0.2, 0.25) is 0 Å². The number of halogens is 1. The lowest BCUT2D eigenvalue weighted by Crippen LogP contribution is -2.04. The van der Waals surface area contributed by atoms with Gasteiger partial charge in [0.1, 0.15) is 0 Å². The van der Waals surface area contributed by atoms with Crippen LogP contribution in [0.2, 0.25) is 5.15 Å². The van der Waals surface area contributed by atoms with Crippen LogP contribution in [0, 0.1) is 13.8 Å². The Morgan fingerprint density at radius 2 is 1.58 bits per heavy atom. The minimum Gasteiger partial charge on any atom is -0.149 e. The van der Waals surface area contributed by atoms with Crippen LogP contribution in [-0.2, 0) is 12.8 Å². The monoisotopic (exact) mass is 272 g/mol. The van der Waals surface area contributed by atoms with E-state index >= 15 is 0 Å². The van der Waals surface area contributed by atoms with Gasteiger partial charge in [0.15, 0.2) is 5.15 Å². The summed E-state index contributed by atoms with van der Waals surface area (Å²) in [6.07, 6.45) is 4.56. The van der Waals surface area contributed by atoms with Crippen LogP contribution >= 0.6 is 11.6 Å². The van der Waals surface area contributed by atoms with Crippen molar-refractivity contribution in [2.24, 2.45) is 0 Å². The molecule has 2 aromatic rings. The average Bonchev–Trinajstić information content (AvgIpc) is 2.37. The van der Waals surface area contributed by atoms with E-state index in [1.54, 1.807) is 0 Å². The van der Waals surface area contributed by atoms with Crippen LogP contribution < -0.4 is 0 Å². The molecular weight excluding hydrogens is 256 g/mol. The highest BCUT2D eigenvalue weighted by Gasteiger charge is 2.16. The van der Waals surface area contributed by atoms with E-state index in [-0.39, 0.29) is 0 Å². The van der Waals surface area contributed by atoms with Gasteiger partial charge in [0.05, 0.1) is 5.69 Å². The molecule has 1 heterocycles. The summed E-state index contributed by atoms with van der Waals surface area (Å²) in [6, 6.07) is 6.52. The SMILES string of the molecule is Cc1cc2c(cc1C)-c1nnc(Cl)cc1CCCC2. The van der Waals surface area contributed by atoms with E-state index in [2.05, 4.69) is 36.2 Å². The minimum absolute atomic E-state index is 0.490. The minimum atomic E-state index is 0.490. The molecule has 0 N–H and O–H groups in total. The number of aromatic nitrogens is 2. The molecule has 0 saturated heterocycles. The number of hydrogen-bond donors (Lipinski definition) is 0. The van der Waals surface area contributed by atoms with Crippen molar-refractivity contribution in [3.8, 4) is 11.3 Å². The van der Waals surface area contributed by atoms with Gasteiger partial charge >= 0.3 is 0 Å². The highest BCUT2D eigenvalue weighted by molar-refractivity contribution is 6.29.